The number of hydrogen-bond donors (Lipinski definition) is 2. The summed E-state index contributed by atoms with van der Waals surface area (Å²) in [7, 11) is 0. The number of ether oxygens (including phenoxy) is 2. The van der Waals surface area contributed by atoms with Gasteiger partial charge in [-0.3, -0.25) is 0 Å². The van der Waals surface area contributed by atoms with Crippen LogP contribution in [0.3, 0.4) is 0 Å². The van der Waals surface area contributed by atoms with E-state index in [1.165, 1.54) is 12.8 Å². The number of esters is 1. The second kappa shape index (κ2) is 8.46. The first-order chi connectivity index (χ1) is 12.9. The maximum absolute atomic E-state index is 12.6. The van der Waals surface area contributed by atoms with Gasteiger partial charge in [0.25, 0.3) is 0 Å². The fourth-order valence-electron chi connectivity index (χ4n) is 3.47. The van der Waals surface area contributed by atoms with Crippen LogP contribution in [0.25, 0.3) is 0 Å². The summed E-state index contributed by atoms with van der Waals surface area (Å²) in [6.07, 6.45) is 4.92. The van der Waals surface area contributed by atoms with Gasteiger partial charge in [0.1, 0.15) is 5.75 Å². The number of allylic oxidation sites excluding steroid dienone is 1. The Labute approximate surface area is 160 Å². The van der Waals surface area contributed by atoms with Crippen molar-refractivity contribution in [1.29, 1.82) is 0 Å². The van der Waals surface area contributed by atoms with E-state index in [0.29, 0.717) is 17.9 Å². The zero-order chi connectivity index (χ0) is 19.4. The zero-order valence-corrected chi connectivity index (χ0v) is 16.2. The van der Waals surface area contributed by atoms with E-state index >= 15 is 0 Å². The van der Waals surface area contributed by atoms with Gasteiger partial charge in [-0.05, 0) is 56.2 Å². The molecule has 0 radical (unpaired) electrons. The fraction of sp³-hybridized carbons (Fsp3) is 0.524. The van der Waals surface area contributed by atoms with Crippen molar-refractivity contribution in [3.63, 3.8) is 0 Å². The highest BCUT2D eigenvalue weighted by Crippen LogP contribution is 2.30. The van der Waals surface area contributed by atoms with Crippen LogP contribution < -0.4 is 15.4 Å². The predicted molar refractivity (Wildman–Crippen MR) is 102 cm³/mol. The summed E-state index contributed by atoms with van der Waals surface area (Å²) in [4.78, 5) is 24.6. The van der Waals surface area contributed by atoms with Gasteiger partial charge in [0, 0.05) is 5.70 Å². The molecule has 3 rings (SSSR count). The van der Waals surface area contributed by atoms with Crippen molar-refractivity contribution in [2.24, 2.45) is 5.92 Å². The highest BCUT2D eigenvalue weighted by Gasteiger charge is 2.32. The van der Waals surface area contributed by atoms with Crippen LogP contribution in [0.4, 0.5) is 4.79 Å². The molecule has 2 aliphatic rings. The predicted octanol–water partition coefficient (Wildman–Crippen LogP) is 3.84. The number of carbonyl (C=O) groups is 2. The Morgan fingerprint density at radius 3 is 2.48 bits per heavy atom. The minimum absolute atomic E-state index is 0.242. The molecule has 0 spiro atoms. The molecule has 146 valence electrons. The van der Waals surface area contributed by atoms with Crippen molar-refractivity contribution in [3.05, 3.63) is 41.1 Å². The monoisotopic (exact) mass is 372 g/mol. The fourth-order valence-corrected chi connectivity index (χ4v) is 3.47. The summed E-state index contributed by atoms with van der Waals surface area (Å²) in [6.45, 7) is 6.02. The molecular weight excluding hydrogens is 344 g/mol. The lowest BCUT2D eigenvalue weighted by Gasteiger charge is -2.28. The number of hydrogen-bond acceptors (Lipinski definition) is 4. The van der Waals surface area contributed by atoms with Crippen LogP contribution in [-0.4, -0.2) is 24.7 Å². The maximum Gasteiger partial charge on any atom is 0.338 e. The van der Waals surface area contributed by atoms with E-state index < -0.39 is 12.0 Å². The summed E-state index contributed by atoms with van der Waals surface area (Å²) in [5, 5.41) is 5.49. The molecule has 1 aromatic carbocycles. The van der Waals surface area contributed by atoms with Gasteiger partial charge in [-0.1, -0.05) is 26.0 Å². The quantitative estimate of drug-likeness (QED) is 0.744. The first kappa shape index (κ1) is 19.3. The van der Waals surface area contributed by atoms with Gasteiger partial charge in [0.15, 0.2) is 0 Å². The highest BCUT2D eigenvalue weighted by atomic mass is 16.5. The lowest BCUT2D eigenvalue weighted by Crippen LogP contribution is -2.45. The van der Waals surface area contributed by atoms with E-state index in [9.17, 15) is 9.59 Å². The Bertz CT molecular complexity index is 718. The van der Waals surface area contributed by atoms with Gasteiger partial charge in [-0.15, -0.1) is 0 Å². The third-order valence-corrected chi connectivity index (χ3v) is 4.86. The highest BCUT2D eigenvalue weighted by molar-refractivity contribution is 5.95. The third kappa shape index (κ3) is 4.81. The van der Waals surface area contributed by atoms with Gasteiger partial charge in [-0.25, -0.2) is 9.59 Å². The van der Waals surface area contributed by atoms with E-state index in [0.717, 1.165) is 24.2 Å². The number of amides is 2. The molecular formula is C21H28N2O4. The average molecular weight is 372 g/mol. The lowest BCUT2D eigenvalue weighted by molar-refractivity contribution is -0.140. The topological polar surface area (TPSA) is 76.7 Å². The summed E-state index contributed by atoms with van der Waals surface area (Å²) >= 11 is 0. The standard InChI is InChI=1S/C21H28N2O4/c1-13(2)12-26-20(24)18-14(3)22-21(25)23-19(18)15-8-10-17(11-9-15)27-16-6-4-5-7-16/h8-11,13,16,19H,4-7,12H2,1-3H3,(H2,22,23,25). The van der Waals surface area contributed by atoms with Crippen LogP contribution in [0, 0.1) is 5.92 Å². The van der Waals surface area contributed by atoms with Gasteiger partial charge in [0.05, 0.1) is 24.3 Å². The number of rotatable bonds is 6. The van der Waals surface area contributed by atoms with E-state index in [1.54, 1.807) is 6.92 Å². The zero-order valence-electron chi connectivity index (χ0n) is 16.2. The van der Waals surface area contributed by atoms with Gasteiger partial charge >= 0.3 is 12.0 Å². The van der Waals surface area contributed by atoms with Crippen LogP contribution in [-0.2, 0) is 9.53 Å². The lowest BCUT2D eigenvalue weighted by atomic mass is 9.95. The van der Waals surface area contributed by atoms with E-state index in [1.807, 2.05) is 38.1 Å². The smallest absolute Gasteiger partial charge is 0.338 e. The molecule has 1 aromatic rings. The molecule has 1 saturated carbocycles. The number of benzene rings is 1. The Hall–Kier alpha value is -2.50. The van der Waals surface area contributed by atoms with Crippen molar-refractivity contribution >= 4 is 12.0 Å². The Morgan fingerprint density at radius 1 is 1.19 bits per heavy atom. The van der Waals surface area contributed by atoms with Gasteiger partial charge < -0.3 is 20.1 Å². The van der Waals surface area contributed by atoms with E-state index in [2.05, 4.69) is 10.6 Å². The van der Waals surface area contributed by atoms with Crippen molar-refractivity contribution < 1.29 is 19.1 Å². The minimum atomic E-state index is -0.543. The van der Waals surface area contributed by atoms with Crippen LogP contribution in [0.1, 0.15) is 58.1 Å². The Kier molecular flexibility index (Phi) is 6.04. The number of nitrogens with one attached hydrogen (secondary N) is 2. The second-order valence-corrected chi connectivity index (χ2v) is 7.66. The van der Waals surface area contributed by atoms with Crippen molar-refractivity contribution in [1.82, 2.24) is 10.6 Å². The SMILES string of the molecule is CC1=C(C(=O)OCC(C)C)C(c2ccc(OC3CCCC3)cc2)NC(=O)N1. The molecule has 1 aliphatic heterocycles. The summed E-state index contributed by atoms with van der Waals surface area (Å²) in [6, 6.07) is 6.71. The largest absolute Gasteiger partial charge is 0.490 e. The molecule has 1 heterocycles. The molecule has 0 aromatic heterocycles. The number of carbonyl (C=O) groups excluding carboxylic acids is 2. The molecule has 1 fully saturated rings. The first-order valence-electron chi connectivity index (χ1n) is 9.66. The first-order valence-corrected chi connectivity index (χ1v) is 9.66. The molecule has 6 heteroatoms. The molecule has 0 saturated heterocycles. The molecule has 1 aliphatic carbocycles. The Balaban J connectivity index is 1.78. The van der Waals surface area contributed by atoms with Crippen molar-refractivity contribution in [2.75, 3.05) is 6.61 Å². The van der Waals surface area contributed by atoms with Gasteiger partial charge in [0.2, 0.25) is 0 Å². The third-order valence-electron chi connectivity index (χ3n) is 4.86. The molecule has 1 unspecified atom stereocenters. The molecule has 2 N–H and O–H groups in total. The van der Waals surface area contributed by atoms with Crippen molar-refractivity contribution in [2.45, 2.75) is 58.6 Å². The van der Waals surface area contributed by atoms with Crippen LogP contribution in [0.5, 0.6) is 5.75 Å². The summed E-state index contributed by atoms with van der Waals surface area (Å²) < 4.78 is 11.4. The molecule has 1 atom stereocenters. The molecule has 6 nitrogen and oxygen atoms in total. The van der Waals surface area contributed by atoms with Crippen molar-refractivity contribution in [3.8, 4) is 5.75 Å². The maximum atomic E-state index is 12.6. The van der Waals surface area contributed by atoms with E-state index in [4.69, 9.17) is 9.47 Å². The summed E-state index contributed by atoms with van der Waals surface area (Å²) in [5.74, 6) is 0.645. The van der Waals surface area contributed by atoms with Crippen LogP contribution >= 0.6 is 0 Å². The van der Waals surface area contributed by atoms with E-state index in [-0.39, 0.29) is 18.1 Å². The Morgan fingerprint density at radius 2 is 1.85 bits per heavy atom. The van der Waals surface area contributed by atoms with Gasteiger partial charge in [-0.2, -0.15) is 0 Å². The molecule has 27 heavy (non-hydrogen) atoms. The number of urea groups is 1. The molecule has 2 amide bonds. The normalized spacial score (nSPS) is 20.4. The average Bonchev–Trinajstić information content (AvgIpc) is 3.12. The summed E-state index contributed by atoms with van der Waals surface area (Å²) in [5.41, 5.74) is 1.77. The minimum Gasteiger partial charge on any atom is -0.490 e. The molecule has 0 bridgehead atoms. The van der Waals surface area contributed by atoms with Crippen LogP contribution in [0.2, 0.25) is 0 Å². The van der Waals surface area contributed by atoms with Crippen LogP contribution in [0.15, 0.2) is 35.5 Å². The second-order valence-electron chi connectivity index (χ2n) is 7.66.